The minimum Gasteiger partial charge on any atom is -0.454 e. The Bertz CT molecular complexity index is 2400. The lowest BCUT2D eigenvalue weighted by atomic mass is 10.2. The third-order valence-corrected chi connectivity index (χ3v) is 8.76. The van der Waals surface area contributed by atoms with Crippen molar-refractivity contribution in [2.45, 2.75) is 0 Å². The van der Waals surface area contributed by atoms with Crippen LogP contribution in [0, 0.1) is 34.3 Å². The molecule has 2 fully saturated rings. The van der Waals surface area contributed by atoms with Gasteiger partial charge in [0.1, 0.15) is 23.4 Å². The summed E-state index contributed by atoms with van der Waals surface area (Å²) in [7, 11) is 0. The van der Waals surface area contributed by atoms with Gasteiger partial charge >= 0.3 is 0 Å². The standard InChI is InChI=1S/2C21H18FN5O2/c22-20-15(12-23)3-1-6-19(20)26-21-24-13-18(14-25-21)29-17-5-2-4-16(11-17)27-7-9-28-10-8-27;22-16-8-15(12-23)9-17(10-16)26-21-24-13-20(14-25-21)29-19-3-1-2-18(11-19)27-4-6-28-7-5-27/h1-6,11,13-14H,7-10H2,(H,24,25,26);1-3,8-11,13-14H,4-7H2,(H,24,25,26). The Hall–Kier alpha value is -7.40. The second-order valence-corrected chi connectivity index (χ2v) is 12.8. The predicted molar refractivity (Wildman–Crippen MR) is 212 cm³/mol. The SMILES string of the molecule is N#Cc1cc(F)cc(Nc2ncc(Oc3cccc(N4CCOCC4)c3)cn2)c1.N#Cc1cccc(Nc2ncc(Oc3cccc(N4CCOCC4)c3)cn2)c1F. The Balaban J connectivity index is 0.000000177. The van der Waals surface area contributed by atoms with Crippen LogP contribution in [0.3, 0.4) is 0 Å². The first-order valence-corrected chi connectivity index (χ1v) is 18.2. The Morgan fingerprint density at radius 1 is 0.586 bits per heavy atom. The molecule has 0 saturated carbocycles. The molecule has 2 saturated heterocycles. The Kier molecular flexibility index (Phi) is 12.7. The van der Waals surface area contributed by atoms with Crippen LogP contribution >= 0.6 is 0 Å². The van der Waals surface area contributed by atoms with Crippen LogP contribution in [0.4, 0.5) is 43.4 Å². The van der Waals surface area contributed by atoms with Gasteiger partial charge in [-0.3, -0.25) is 0 Å². The minimum absolute atomic E-state index is 0.0462. The van der Waals surface area contributed by atoms with Crippen LogP contribution in [0.15, 0.2) is 110 Å². The van der Waals surface area contributed by atoms with Crippen molar-refractivity contribution in [3.63, 3.8) is 0 Å². The monoisotopic (exact) mass is 782 g/mol. The molecule has 0 unspecified atom stereocenters. The molecule has 4 heterocycles. The van der Waals surface area contributed by atoms with Crippen LogP contribution < -0.4 is 29.9 Å². The van der Waals surface area contributed by atoms with Crippen molar-refractivity contribution in [3.05, 3.63) is 132 Å². The summed E-state index contributed by atoms with van der Waals surface area (Å²) < 4.78 is 50.1. The Labute approximate surface area is 332 Å². The molecule has 0 amide bonds. The fourth-order valence-electron chi connectivity index (χ4n) is 5.96. The lowest BCUT2D eigenvalue weighted by molar-refractivity contribution is 0.122. The van der Waals surface area contributed by atoms with E-state index in [1.165, 1.54) is 49.1 Å². The van der Waals surface area contributed by atoms with Crippen molar-refractivity contribution in [1.82, 2.24) is 19.9 Å². The van der Waals surface area contributed by atoms with E-state index < -0.39 is 11.6 Å². The van der Waals surface area contributed by atoms with Crippen LogP contribution in [0.1, 0.15) is 11.1 Å². The number of nitrogens with zero attached hydrogens (tertiary/aromatic N) is 8. The number of hydrogen-bond acceptors (Lipinski definition) is 14. The average Bonchev–Trinajstić information content (AvgIpc) is 3.26. The van der Waals surface area contributed by atoms with Gasteiger partial charge in [-0.05, 0) is 54.6 Å². The average molecular weight is 783 g/mol. The van der Waals surface area contributed by atoms with Gasteiger partial charge in [-0.25, -0.2) is 28.7 Å². The highest BCUT2D eigenvalue weighted by molar-refractivity contribution is 5.59. The quantitative estimate of drug-likeness (QED) is 0.139. The fraction of sp³-hybridized carbons (Fsp3) is 0.190. The van der Waals surface area contributed by atoms with E-state index in [4.69, 9.17) is 29.5 Å². The first-order valence-electron chi connectivity index (χ1n) is 18.2. The molecule has 0 atom stereocenters. The fourth-order valence-corrected chi connectivity index (χ4v) is 5.96. The largest absolute Gasteiger partial charge is 0.454 e. The molecule has 16 heteroatoms. The molecule has 58 heavy (non-hydrogen) atoms. The second-order valence-electron chi connectivity index (χ2n) is 12.8. The Morgan fingerprint density at radius 2 is 1.10 bits per heavy atom. The maximum atomic E-state index is 14.1. The molecule has 2 aliphatic heterocycles. The molecule has 292 valence electrons. The first-order chi connectivity index (χ1) is 28.4. The molecule has 2 N–H and O–H groups in total. The Morgan fingerprint density at radius 3 is 1.62 bits per heavy atom. The zero-order chi connectivity index (χ0) is 40.1. The van der Waals surface area contributed by atoms with Gasteiger partial charge in [0.25, 0.3) is 0 Å². The summed E-state index contributed by atoms with van der Waals surface area (Å²) >= 11 is 0. The topological polar surface area (TPSA) is 167 Å². The van der Waals surface area contributed by atoms with E-state index in [2.05, 4.69) is 40.4 Å². The second kappa shape index (κ2) is 19.0. The lowest BCUT2D eigenvalue weighted by Crippen LogP contribution is -2.36. The molecule has 2 aliphatic rings. The summed E-state index contributed by atoms with van der Waals surface area (Å²) in [5.41, 5.74) is 2.84. The highest BCUT2D eigenvalue weighted by Gasteiger charge is 2.14. The van der Waals surface area contributed by atoms with Gasteiger partial charge in [-0.15, -0.1) is 0 Å². The number of hydrogen-bond donors (Lipinski definition) is 2. The molecule has 8 rings (SSSR count). The first kappa shape index (κ1) is 38.9. The normalized spacial score (nSPS) is 13.6. The number of benzene rings is 4. The number of aromatic nitrogens is 4. The predicted octanol–water partition coefficient (Wildman–Crippen LogP) is 7.72. The summed E-state index contributed by atoms with van der Waals surface area (Å²) in [6.07, 6.45) is 6.06. The van der Waals surface area contributed by atoms with Gasteiger partial charge in [-0.1, -0.05) is 18.2 Å². The molecule has 6 aromatic rings. The number of rotatable bonds is 10. The number of nitrogens with one attached hydrogen (secondary N) is 2. The number of ether oxygens (including phenoxy) is 4. The van der Waals surface area contributed by atoms with Crippen LogP contribution in [-0.2, 0) is 9.47 Å². The van der Waals surface area contributed by atoms with E-state index in [0.29, 0.717) is 55.1 Å². The summed E-state index contributed by atoms with van der Waals surface area (Å²) in [6.45, 7) is 6.24. The zero-order valence-corrected chi connectivity index (χ0v) is 31.0. The molecule has 0 spiro atoms. The van der Waals surface area contributed by atoms with E-state index in [0.717, 1.165) is 43.6 Å². The smallest absolute Gasteiger partial charge is 0.227 e. The van der Waals surface area contributed by atoms with Crippen LogP contribution in [0.25, 0.3) is 0 Å². The van der Waals surface area contributed by atoms with Gasteiger partial charge in [0.05, 0.1) is 74.1 Å². The van der Waals surface area contributed by atoms with Crippen LogP contribution in [0.5, 0.6) is 23.0 Å². The van der Waals surface area contributed by atoms with Crippen LogP contribution in [0.2, 0.25) is 0 Å². The molecular formula is C42H36F2N10O4. The van der Waals surface area contributed by atoms with Crippen molar-refractivity contribution >= 4 is 34.6 Å². The summed E-state index contributed by atoms with van der Waals surface area (Å²) in [5, 5.41) is 23.5. The summed E-state index contributed by atoms with van der Waals surface area (Å²) in [5.74, 6) is 1.62. The van der Waals surface area contributed by atoms with Crippen molar-refractivity contribution in [1.29, 1.82) is 10.5 Å². The van der Waals surface area contributed by atoms with E-state index in [1.807, 2.05) is 54.6 Å². The molecule has 14 nitrogen and oxygen atoms in total. The molecular weight excluding hydrogens is 747 g/mol. The number of nitriles is 2. The number of halogens is 2. The maximum absolute atomic E-state index is 14.1. The van der Waals surface area contributed by atoms with Gasteiger partial charge in [0, 0.05) is 55.4 Å². The molecule has 4 aromatic carbocycles. The number of anilines is 6. The van der Waals surface area contributed by atoms with Crippen molar-refractivity contribution < 1.29 is 27.7 Å². The molecule has 2 aromatic heterocycles. The van der Waals surface area contributed by atoms with Gasteiger partial charge in [0.2, 0.25) is 11.9 Å². The third-order valence-electron chi connectivity index (χ3n) is 8.76. The van der Waals surface area contributed by atoms with Crippen molar-refractivity contribution in [2.75, 3.05) is 73.0 Å². The highest BCUT2D eigenvalue weighted by Crippen LogP contribution is 2.29. The van der Waals surface area contributed by atoms with Crippen LogP contribution in [-0.4, -0.2) is 72.5 Å². The number of morpholine rings is 2. The minimum atomic E-state index is -0.640. The highest BCUT2D eigenvalue weighted by atomic mass is 19.1. The van der Waals surface area contributed by atoms with Crippen molar-refractivity contribution in [3.8, 4) is 35.1 Å². The maximum Gasteiger partial charge on any atom is 0.227 e. The van der Waals surface area contributed by atoms with E-state index >= 15 is 0 Å². The summed E-state index contributed by atoms with van der Waals surface area (Å²) in [6, 6.07) is 27.8. The molecule has 0 bridgehead atoms. The summed E-state index contributed by atoms with van der Waals surface area (Å²) in [4.78, 5) is 21.2. The van der Waals surface area contributed by atoms with E-state index in [1.54, 1.807) is 12.1 Å². The van der Waals surface area contributed by atoms with Gasteiger partial charge < -0.3 is 39.4 Å². The van der Waals surface area contributed by atoms with Crippen molar-refractivity contribution in [2.24, 2.45) is 0 Å². The zero-order valence-electron chi connectivity index (χ0n) is 31.0. The van der Waals surface area contributed by atoms with Gasteiger partial charge in [-0.2, -0.15) is 10.5 Å². The molecule has 0 radical (unpaired) electrons. The lowest BCUT2D eigenvalue weighted by Gasteiger charge is -2.29. The van der Waals surface area contributed by atoms with E-state index in [9.17, 15) is 8.78 Å². The third kappa shape index (κ3) is 10.5. The molecule has 0 aliphatic carbocycles. The van der Waals surface area contributed by atoms with Gasteiger partial charge in [0.15, 0.2) is 17.3 Å². The van der Waals surface area contributed by atoms with E-state index in [-0.39, 0.29) is 28.7 Å².